The number of hydrogen-bond donors (Lipinski definition) is 2. The summed E-state index contributed by atoms with van der Waals surface area (Å²) in [6, 6.07) is 8.08. The van der Waals surface area contributed by atoms with Gasteiger partial charge in [0.2, 0.25) is 15.9 Å². The van der Waals surface area contributed by atoms with Gasteiger partial charge >= 0.3 is 0 Å². The molecule has 0 bridgehead atoms. The first-order chi connectivity index (χ1) is 12.0. The third kappa shape index (κ3) is 4.76. The number of nitrogens with one attached hydrogen (secondary N) is 1. The van der Waals surface area contributed by atoms with Crippen LogP contribution >= 0.6 is 12.4 Å². The van der Waals surface area contributed by atoms with Gasteiger partial charge in [-0.1, -0.05) is 24.6 Å². The highest BCUT2D eigenvalue weighted by Crippen LogP contribution is 2.26. The van der Waals surface area contributed by atoms with Crippen LogP contribution in [0.25, 0.3) is 0 Å². The fourth-order valence-electron chi connectivity index (χ4n) is 3.74. The van der Waals surface area contributed by atoms with Crippen LogP contribution in [0.4, 0.5) is 0 Å². The van der Waals surface area contributed by atoms with E-state index in [1.54, 1.807) is 30.3 Å². The predicted molar refractivity (Wildman–Crippen MR) is 104 cm³/mol. The van der Waals surface area contributed by atoms with Gasteiger partial charge in [0.05, 0.1) is 4.90 Å². The topological polar surface area (TPSA) is 92.5 Å². The average molecular weight is 402 g/mol. The molecule has 8 heteroatoms. The van der Waals surface area contributed by atoms with Crippen LogP contribution in [0.5, 0.6) is 0 Å². The molecule has 0 spiro atoms. The number of hydrogen-bond acceptors (Lipinski definition) is 4. The Balaban J connectivity index is 0.00000243. The van der Waals surface area contributed by atoms with E-state index in [4.69, 9.17) is 5.73 Å². The lowest BCUT2D eigenvalue weighted by molar-refractivity contribution is -0.126. The Morgan fingerprint density at radius 3 is 2.35 bits per heavy atom. The normalized spacial score (nSPS) is 27.3. The second kappa shape index (κ2) is 9.17. The fraction of sp³-hybridized carbons (Fsp3) is 0.611. The molecule has 1 aliphatic carbocycles. The molecule has 146 valence electrons. The zero-order chi connectivity index (χ0) is 17.9. The summed E-state index contributed by atoms with van der Waals surface area (Å²) in [5.41, 5.74) is 5.91. The van der Waals surface area contributed by atoms with E-state index in [0.717, 1.165) is 38.5 Å². The standard InChI is InChI=1S/C18H27N3O3S.ClH/c19-14-9-11-15(12-10-14)20-18(22)17-8-4-5-13-21(17)25(23,24)16-6-2-1-3-7-16;/h1-3,6-7,14-15,17H,4-5,8-13,19H2,(H,20,22);1H. The summed E-state index contributed by atoms with van der Waals surface area (Å²) in [5, 5.41) is 3.06. The molecule has 3 rings (SSSR count). The summed E-state index contributed by atoms with van der Waals surface area (Å²) in [5.74, 6) is -0.167. The molecule has 3 N–H and O–H groups in total. The Kier molecular flexibility index (Phi) is 7.46. The molecule has 2 aliphatic rings. The van der Waals surface area contributed by atoms with Crippen molar-refractivity contribution in [3.05, 3.63) is 30.3 Å². The first-order valence-corrected chi connectivity index (χ1v) is 10.6. The smallest absolute Gasteiger partial charge is 0.243 e. The molecule has 1 aromatic rings. The monoisotopic (exact) mass is 401 g/mol. The van der Waals surface area contributed by atoms with Crippen LogP contribution in [0.3, 0.4) is 0 Å². The minimum absolute atomic E-state index is 0. The van der Waals surface area contributed by atoms with Crippen molar-refractivity contribution in [2.24, 2.45) is 5.73 Å². The van der Waals surface area contributed by atoms with E-state index in [1.807, 2.05) is 0 Å². The average Bonchev–Trinajstić information content (AvgIpc) is 2.64. The van der Waals surface area contributed by atoms with Crippen LogP contribution in [-0.4, -0.2) is 43.3 Å². The number of halogens is 1. The van der Waals surface area contributed by atoms with Crippen molar-refractivity contribution in [3.8, 4) is 0 Å². The summed E-state index contributed by atoms with van der Waals surface area (Å²) in [6.07, 6.45) is 5.77. The molecule has 6 nitrogen and oxygen atoms in total. The van der Waals surface area contributed by atoms with Crippen LogP contribution in [0.15, 0.2) is 35.2 Å². The summed E-state index contributed by atoms with van der Waals surface area (Å²) in [7, 11) is -3.65. The van der Waals surface area contributed by atoms with E-state index >= 15 is 0 Å². The van der Waals surface area contributed by atoms with E-state index in [1.165, 1.54) is 4.31 Å². The van der Waals surface area contributed by atoms with E-state index in [9.17, 15) is 13.2 Å². The van der Waals surface area contributed by atoms with Crippen molar-refractivity contribution >= 4 is 28.3 Å². The van der Waals surface area contributed by atoms with Gasteiger partial charge in [-0.05, 0) is 50.7 Å². The van der Waals surface area contributed by atoms with Crippen LogP contribution in [-0.2, 0) is 14.8 Å². The largest absolute Gasteiger partial charge is 0.352 e. The highest BCUT2D eigenvalue weighted by atomic mass is 35.5. The molecule has 1 unspecified atom stereocenters. The van der Waals surface area contributed by atoms with Crippen molar-refractivity contribution in [1.29, 1.82) is 0 Å². The lowest BCUT2D eigenvalue weighted by Crippen LogP contribution is -2.54. The van der Waals surface area contributed by atoms with Crippen molar-refractivity contribution in [2.75, 3.05) is 6.54 Å². The SMILES string of the molecule is Cl.NC1CCC(NC(=O)C2CCCCN2S(=O)(=O)c2ccccc2)CC1. The molecule has 0 radical (unpaired) electrons. The highest BCUT2D eigenvalue weighted by molar-refractivity contribution is 7.89. The Labute approximate surface area is 162 Å². The lowest BCUT2D eigenvalue weighted by atomic mass is 9.91. The molecule has 2 fully saturated rings. The van der Waals surface area contributed by atoms with E-state index in [0.29, 0.717) is 13.0 Å². The van der Waals surface area contributed by atoms with Gasteiger partial charge in [0, 0.05) is 18.6 Å². The van der Waals surface area contributed by atoms with Crippen LogP contribution in [0.2, 0.25) is 0 Å². The minimum atomic E-state index is -3.65. The maximum absolute atomic E-state index is 13.0. The maximum Gasteiger partial charge on any atom is 0.243 e. The quantitative estimate of drug-likeness (QED) is 0.807. The van der Waals surface area contributed by atoms with E-state index < -0.39 is 16.1 Å². The Morgan fingerprint density at radius 2 is 1.69 bits per heavy atom. The number of sulfonamides is 1. The number of rotatable bonds is 4. The summed E-state index contributed by atoms with van der Waals surface area (Å²) in [4.78, 5) is 13.0. The second-order valence-corrected chi connectivity index (χ2v) is 8.95. The number of amides is 1. The highest BCUT2D eigenvalue weighted by Gasteiger charge is 2.38. The molecular formula is C18H28ClN3O3S. The minimum Gasteiger partial charge on any atom is -0.352 e. The van der Waals surface area contributed by atoms with Crippen LogP contribution in [0, 0.1) is 0 Å². The first kappa shape index (κ1) is 21.2. The molecular weight excluding hydrogens is 374 g/mol. The molecule has 1 aromatic carbocycles. The number of nitrogens with zero attached hydrogens (tertiary/aromatic N) is 1. The third-order valence-electron chi connectivity index (χ3n) is 5.22. The van der Waals surface area contributed by atoms with Gasteiger partial charge in [-0.2, -0.15) is 4.31 Å². The zero-order valence-electron chi connectivity index (χ0n) is 14.8. The number of nitrogens with two attached hydrogens (primary N) is 1. The van der Waals surface area contributed by atoms with Crippen molar-refractivity contribution in [1.82, 2.24) is 9.62 Å². The number of carbonyl (C=O) groups excluding carboxylic acids is 1. The fourth-order valence-corrected chi connectivity index (χ4v) is 5.42. The van der Waals surface area contributed by atoms with Gasteiger partial charge in [0.1, 0.15) is 6.04 Å². The molecule has 0 aromatic heterocycles. The molecule has 1 saturated heterocycles. The summed E-state index contributed by atoms with van der Waals surface area (Å²) in [6.45, 7) is 0.394. The molecule has 1 saturated carbocycles. The first-order valence-electron chi connectivity index (χ1n) is 9.11. The van der Waals surface area contributed by atoms with Gasteiger partial charge in [0.25, 0.3) is 0 Å². The molecule has 1 heterocycles. The van der Waals surface area contributed by atoms with Gasteiger partial charge in [0.15, 0.2) is 0 Å². The molecule has 1 amide bonds. The molecule has 1 aliphatic heterocycles. The van der Waals surface area contributed by atoms with Crippen molar-refractivity contribution in [2.45, 2.75) is 68.0 Å². The van der Waals surface area contributed by atoms with Crippen LogP contribution in [0.1, 0.15) is 44.9 Å². The van der Waals surface area contributed by atoms with Crippen molar-refractivity contribution in [3.63, 3.8) is 0 Å². The van der Waals surface area contributed by atoms with Gasteiger partial charge < -0.3 is 11.1 Å². The van der Waals surface area contributed by atoms with E-state index in [-0.39, 0.29) is 35.3 Å². The zero-order valence-corrected chi connectivity index (χ0v) is 16.5. The maximum atomic E-state index is 13.0. The number of benzene rings is 1. The lowest BCUT2D eigenvalue weighted by Gasteiger charge is -2.35. The number of carbonyl (C=O) groups is 1. The predicted octanol–water partition coefficient (Wildman–Crippen LogP) is 2.04. The number of piperidine rings is 1. The van der Waals surface area contributed by atoms with Crippen LogP contribution < -0.4 is 11.1 Å². The third-order valence-corrected chi connectivity index (χ3v) is 7.15. The van der Waals surface area contributed by atoms with E-state index in [2.05, 4.69) is 5.32 Å². The Morgan fingerprint density at radius 1 is 1.04 bits per heavy atom. The second-order valence-electron chi connectivity index (χ2n) is 7.06. The van der Waals surface area contributed by atoms with Gasteiger partial charge in [-0.15, -0.1) is 12.4 Å². The summed E-state index contributed by atoms with van der Waals surface area (Å²) < 4.78 is 27.3. The van der Waals surface area contributed by atoms with Gasteiger partial charge in [-0.3, -0.25) is 4.79 Å². The van der Waals surface area contributed by atoms with Gasteiger partial charge in [-0.25, -0.2) is 8.42 Å². The molecule has 26 heavy (non-hydrogen) atoms. The van der Waals surface area contributed by atoms with Crippen molar-refractivity contribution < 1.29 is 13.2 Å². The Hall–Kier alpha value is -1.15. The Bertz CT molecular complexity index is 691. The summed E-state index contributed by atoms with van der Waals surface area (Å²) >= 11 is 0. The molecule has 1 atom stereocenters.